The van der Waals surface area contributed by atoms with E-state index in [4.69, 9.17) is 9.47 Å². The molecular formula is C21H27N3O5. The van der Waals surface area contributed by atoms with Crippen molar-refractivity contribution in [3.05, 3.63) is 35.4 Å². The van der Waals surface area contributed by atoms with Gasteiger partial charge in [0.05, 0.1) is 7.11 Å². The molecule has 2 atom stereocenters. The third-order valence-electron chi connectivity index (χ3n) is 6.03. The molecule has 156 valence electrons. The summed E-state index contributed by atoms with van der Waals surface area (Å²) in [6.45, 7) is 2.95. The van der Waals surface area contributed by atoms with Gasteiger partial charge in [0.1, 0.15) is 12.1 Å². The average molecular weight is 401 g/mol. The third kappa shape index (κ3) is 3.81. The van der Waals surface area contributed by atoms with Crippen molar-refractivity contribution in [2.45, 2.75) is 31.4 Å². The Morgan fingerprint density at radius 3 is 2.34 bits per heavy atom. The zero-order valence-electron chi connectivity index (χ0n) is 16.7. The summed E-state index contributed by atoms with van der Waals surface area (Å²) in [5.41, 5.74) is 1.94. The van der Waals surface area contributed by atoms with E-state index >= 15 is 0 Å². The van der Waals surface area contributed by atoms with E-state index in [0.29, 0.717) is 45.8 Å². The number of amides is 3. The van der Waals surface area contributed by atoms with Crippen molar-refractivity contribution in [3.8, 4) is 0 Å². The Kier molecular flexibility index (Phi) is 5.71. The maximum Gasteiger partial charge on any atom is 0.410 e. The first kappa shape index (κ1) is 19.7. The fourth-order valence-electron chi connectivity index (χ4n) is 4.44. The summed E-state index contributed by atoms with van der Waals surface area (Å²) in [5, 5.41) is 0. The number of carbonyl (C=O) groups is 3. The molecule has 0 spiro atoms. The van der Waals surface area contributed by atoms with Crippen molar-refractivity contribution in [2.24, 2.45) is 0 Å². The van der Waals surface area contributed by atoms with Crippen LogP contribution in [0.4, 0.5) is 4.79 Å². The van der Waals surface area contributed by atoms with Gasteiger partial charge in [-0.3, -0.25) is 14.5 Å². The number of methoxy groups -OCH3 is 1. The van der Waals surface area contributed by atoms with Gasteiger partial charge in [-0.25, -0.2) is 4.79 Å². The molecule has 3 aliphatic heterocycles. The minimum Gasteiger partial charge on any atom is -0.453 e. The summed E-state index contributed by atoms with van der Waals surface area (Å²) >= 11 is 0. The molecule has 4 rings (SSSR count). The molecule has 0 bridgehead atoms. The van der Waals surface area contributed by atoms with Crippen LogP contribution in [0.3, 0.4) is 0 Å². The number of rotatable bonds is 2. The Hall–Kier alpha value is -2.61. The first-order valence-electron chi connectivity index (χ1n) is 10.2. The van der Waals surface area contributed by atoms with Crippen LogP contribution in [-0.2, 0) is 25.5 Å². The van der Waals surface area contributed by atoms with Gasteiger partial charge >= 0.3 is 6.09 Å². The lowest BCUT2D eigenvalue weighted by molar-refractivity contribution is -0.147. The highest BCUT2D eigenvalue weighted by atomic mass is 16.5. The zero-order chi connectivity index (χ0) is 20.4. The minimum absolute atomic E-state index is 0.0220. The van der Waals surface area contributed by atoms with Crippen LogP contribution < -0.4 is 0 Å². The SMILES string of the molecule is COC(=O)N1CCc2ccccc2[C@@H]1C(=O)N1CCN(C(=O)[C@@H]2CCCO2)CC1. The Morgan fingerprint density at radius 2 is 1.69 bits per heavy atom. The van der Waals surface area contributed by atoms with Gasteiger partial charge in [0.2, 0.25) is 5.91 Å². The summed E-state index contributed by atoms with van der Waals surface area (Å²) in [6.07, 6.45) is 1.55. The second-order valence-corrected chi connectivity index (χ2v) is 7.67. The smallest absolute Gasteiger partial charge is 0.410 e. The van der Waals surface area contributed by atoms with Gasteiger partial charge in [-0.05, 0) is 30.4 Å². The van der Waals surface area contributed by atoms with E-state index in [-0.39, 0.29) is 17.9 Å². The molecule has 0 aliphatic carbocycles. The van der Waals surface area contributed by atoms with E-state index in [1.807, 2.05) is 24.3 Å². The van der Waals surface area contributed by atoms with Crippen molar-refractivity contribution in [1.29, 1.82) is 0 Å². The van der Waals surface area contributed by atoms with Gasteiger partial charge in [0, 0.05) is 39.3 Å². The molecule has 3 amide bonds. The molecule has 0 radical (unpaired) electrons. The first-order valence-corrected chi connectivity index (χ1v) is 10.2. The lowest BCUT2D eigenvalue weighted by Crippen LogP contribution is -2.56. The van der Waals surface area contributed by atoms with Gasteiger partial charge in [0.25, 0.3) is 5.91 Å². The summed E-state index contributed by atoms with van der Waals surface area (Å²) in [4.78, 5) is 43.4. The second kappa shape index (κ2) is 8.41. The number of ether oxygens (including phenoxy) is 2. The topological polar surface area (TPSA) is 79.4 Å². The van der Waals surface area contributed by atoms with E-state index in [0.717, 1.165) is 24.0 Å². The normalized spacial score (nSPS) is 24.2. The standard InChI is InChI=1S/C21H27N3O5/c1-28-21(27)24-9-8-15-5-2-3-6-16(15)18(24)20(26)23-12-10-22(11-13-23)19(25)17-7-4-14-29-17/h2-3,5-6,17-18H,4,7-14H2,1H3/t17-,18+/m0/s1. The largest absolute Gasteiger partial charge is 0.453 e. The fourth-order valence-corrected chi connectivity index (χ4v) is 4.44. The number of carbonyl (C=O) groups excluding carboxylic acids is 3. The third-order valence-corrected chi connectivity index (χ3v) is 6.03. The molecule has 3 heterocycles. The van der Waals surface area contributed by atoms with Crippen LogP contribution in [0, 0.1) is 0 Å². The van der Waals surface area contributed by atoms with Crippen LogP contribution >= 0.6 is 0 Å². The highest BCUT2D eigenvalue weighted by Gasteiger charge is 2.40. The molecule has 0 aromatic heterocycles. The number of hydrogen-bond acceptors (Lipinski definition) is 5. The molecule has 1 aromatic rings. The Balaban J connectivity index is 1.47. The molecule has 0 unspecified atom stereocenters. The van der Waals surface area contributed by atoms with Crippen LogP contribution in [0.1, 0.15) is 30.0 Å². The van der Waals surface area contributed by atoms with Crippen LogP contribution in [0.25, 0.3) is 0 Å². The predicted molar refractivity (Wildman–Crippen MR) is 104 cm³/mol. The van der Waals surface area contributed by atoms with Crippen molar-refractivity contribution in [3.63, 3.8) is 0 Å². The van der Waals surface area contributed by atoms with Gasteiger partial charge < -0.3 is 19.3 Å². The van der Waals surface area contributed by atoms with Crippen molar-refractivity contribution in [2.75, 3.05) is 46.4 Å². The van der Waals surface area contributed by atoms with Crippen LogP contribution in [0.15, 0.2) is 24.3 Å². The highest BCUT2D eigenvalue weighted by Crippen LogP contribution is 2.32. The lowest BCUT2D eigenvalue weighted by atomic mass is 9.92. The number of benzene rings is 1. The molecule has 0 saturated carbocycles. The molecule has 8 heteroatoms. The monoisotopic (exact) mass is 401 g/mol. The van der Waals surface area contributed by atoms with E-state index in [1.54, 1.807) is 9.80 Å². The predicted octanol–water partition coefficient (Wildman–Crippen LogP) is 1.20. The van der Waals surface area contributed by atoms with Crippen molar-refractivity contribution in [1.82, 2.24) is 14.7 Å². The van der Waals surface area contributed by atoms with Crippen molar-refractivity contribution >= 4 is 17.9 Å². The quantitative estimate of drug-likeness (QED) is 0.744. The Labute approximate surface area is 170 Å². The molecule has 0 N–H and O–H groups in total. The maximum absolute atomic E-state index is 13.4. The Bertz CT molecular complexity index is 784. The summed E-state index contributed by atoms with van der Waals surface area (Å²) < 4.78 is 10.4. The summed E-state index contributed by atoms with van der Waals surface area (Å²) in [5.74, 6) is -0.0967. The Morgan fingerprint density at radius 1 is 1.00 bits per heavy atom. The van der Waals surface area contributed by atoms with Gasteiger partial charge in [-0.15, -0.1) is 0 Å². The minimum atomic E-state index is -0.687. The number of nitrogens with zero attached hydrogens (tertiary/aromatic N) is 3. The summed E-state index contributed by atoms with van der Waals surface area (Å²) in [7, 11) is 1.33. The van der Waals surface area contributed by atoms with Gasteiger partial charge in [-0.1, -0.05) is 24.3 Å². The molecule has 2 saturated heterocycles. The van der Waals surface area contributed by atoms with E-state index < -0.39 is 12.1 Å². The highest BCUT2D eigenvalue weighted by molar-refractivity contribution is 5.88. The number of hydrogen-bond donors (Lipinski definition) is 0. The molecule has 2 fully saturated rings. The maximum atomic E-state index is 13.4. The molecule has 1 aromatic carbocycles. The fraction of sp³-hybridized carbons (Fsp3) is 0.571. The van der Waals surface area contributed by atoms with Crippen LogP contribution in [-0.4, -0.2) is 85.2 Å². The molecule has 8 nitrogen and oxygen atoms in total. The molecule has 3 aliphatic rings. The van der Waals surface area contributed by atoms with E-state index in [9.17, 15) is 14.4 Å². The first-order chi connectivity index (χ1) is 14.1. The molecule has 29 heavy (non-hydrogen) atoms. The lowest BCUT2D eigenvalue weighted by Gasteiger charge is -2.41. The van der Waals surface area contributed by atoms with E-state index in [2.05, 4.69) is 0 Å². The number of fused-ring (bicyclic) bond motifs is 1. The average Bonchev–Trinajstić information content (AvgIpc) is 3.32. The van der Waals surface area contributed by atoms with Crippen LogP contribution in [0.2, 0.25) is 0 Å². The van der Waals surface area contributed by atoms with E-state index in [1.165, 1.54) is 12.0 Å². The number of piperazine rings is 1. The van der Waals surface area contributed by atoms with Crippen LogP contribution in [0.5, 0.6) is 0 Å². The van der Waals surface area contributed by atoms with Gasteiger partial charge in [-0.2, -0.15) is 0 Å². The second-order valence-electron chi connectivity index (χ2n) is 7.67. The zero-order valence-corrected chi connectivity index (χ0v) is 16.7. The van der Waals surface area contributed by atoms with Crippen molar-refractivity contribution < 1.29 is 23.9 Å². The molecular weight excluding hydrogens is 374 g/mol. The van der Waals surface area contributed by atoms with Gasteiger partial charge in [0.15, 0.2) is 0 Å². The summed E-state index contributed by atoms with van der Waals surface area (Å²) in [6, 6.07) is 7.06.